The summed E-state index contributed by atoms with van der Waals surface area (Å²) in [5.41, 5.74) is 2.87. The number of aryl methyl sites for hydroxylation is 1. The first kappa shape index (κ1) is 15.6. The topological polar surface area (TPSA) is 59.8 Å². The number of fused-ring (bicyclic) bond motifs is 1. The molecule has 0 N–H and O–H groups in total. The Bertz CT molecular complexity index is 726. The summed E-state index contributed by atoms with van der Waals surface area (Å²) in [6, 6.07) is 5.97. The summed E-state index contributed by atoms with van der Waals surface area (Å²) in [7, 11) is 1.41. The van der Waals surface area contributed by atoms with E-state index in [-0.39, 0.29) is 17.8 Å². The maximum atomic E-state index is 12.5. The van der Waals surface area contributed by atoms with Gasteiger partial charge in [0.1, 0.15) is 5.58 Å². The van der Waals surface area contributed by atoms with E-state index in [0.29, 0.717) is 32.4 Å². The lowest BCUT2D eigenvalue weighted by molar-refractivity contribution is -0.148. The molecule has 2 aromatic rings. The molecule has 5 heteroatoms. The highest BCUT2D eigenvalue weighted by Crippen LogP contribution is 2.24. The average molecular weight is 315 g/mol. The minimum Gasteiger partial charge on any atom is -0.469 e. The van der Waals surface area contributed by atoms with Gasteiger partial charge in [0, 0.05) is 24.0 Å². The molecule has 3 rings (SSSR count). The summed E-state index contributed by atoms with van der Waals surface area (Å²) in [5.74, 6) is -0.174. The number of nitrogens with zero attached hydrogens (tertiary/aromatic N) is 1. The summed E-state index contributed by atoms with van der Waals surface area (Å²) in [6.45, 7) is 3.23. The Morgan fingerprint density at radius 2 is 2.04 bits per heavy atom. The van der Waals surface area contributed by atoms with Crippen molar-refractivity contribution in [3.05, 3.63) is 35.6 Å². The van der Waals surface area contributed by atoms with Gasteiger partial charge >= 0.3 is 5.97 Å². The standard InChI is InChI=1S/C18H21NO4/c1-12-3-4-16-15(9-12)14(11-23-16)10-17(20)19-7-5-13(6-8-19)18(21)22-2/h3-4,9,11,13H,5-8,10H2,1-2H3. The van der Waals surface area contributed by atoms with Crippen LogP contribution in [0.5, 0.6) is 0 Å². The highest BCUT2D eigenvalue weighted by molar-refractivity contribution is 5.88. The van der Waals surface area contributed by atoms with E-state index >= 15 is 0 Å². The van der Waals surface area contributed by atoms with Gasteiger partial charge in [-0.15, -0.1) is 0 Å². The van der Waals surface area contributed by atoms with Gasteiger partial charge in [0.2, 0.25) is 5.91 Å². The molecule has 1 fully saturated rings. The van der Waals surface area contributed by atoms with Gasteiger partial charge in [-0.05, 0) is 31.9 Å². The average Bonchev–Trinajstić information content (AvgIpc) is 2.96. The number of piperidine rings is 1. The van der Waals surface area contributed by atoms with Crippen LogP contribution in [0.15, 0.2) is 28.9 Å². The van der Waals surface area contributed by atoms with Crippen molar-refractivity contribution in [3.8, 4) is 0 Å². The quantitative estimate of drug-likeness (QED) is 0.817. The molecule has 1 aliphatic rings. The zero-order valence-electron chi connectivity index (χ0n) is 13.5. The molecule has 1 aromatic heterocycles. The van der Waals surface area contributed by atoms with E-state index in [1.807, 2.05) is 30.0 Å². The second-order valence-electron chi connectivity index (χ2n) is 6.12. The van der Waals surface area contributed by atoms with Crippen LogP contribution in [0.3, 0.4) is 0 Å². The molecule has 1 aliphatic heterocycles. The molecule has 1 saturated heterocycles. The van der Waals surface area contributed by atoms with Crippen LogP contribution in [0.2, 0.25) is 0 Å². The Labute approximate surface area is 135 Å². The molecule has 0 spiro atoms. The normalized spacial score (nSPS) is 15.8. The maximum Gasteiger partial charge on any atom is 0.308 e. The van der Waals surface area contributed by atoms with Crippen molar-refractivity contribution >= 4 is 22.8 Å². The lowest BCUT2D eigenvalue weighted by atomic mass is 9.96. The largest absolute Gasteiger partial charge is 0.469 e. The Balaban J connectivity index is 1.65. The molecule has 0 atom stereocenters. The number of benzene rings is 1. The van der Waals surface area contributed by atoms with Crippen molar-refractivity contribution in [2.45, 2.75) is 26.2 Å². The van der Waals surface area contributed by atoms with E-state index in [2.05, 4.69) is 0 Å². The van der Waals surface area contributed by atoms with Crippen LogP contribution in [-0.4, -0.2) is 37.0 Å². The number of carbonyl (C=O) groups excluding carboxylic acids is 2. The Morgan fingerprint density at radius 1 is 1.30 bits per heavy atom. The van der Waals surface area contributed by atoms with Gasteiger partial charge in [0.15, 0.2) is 0 Å². The third kappa shape index (κ3) is 3.23. The highest BCUT2D eigenvalue weighted by Gasteiger charge is 2.28. The maximum absolute atomic E-state index is 12.5. The predicted molar refractivity (Wildman–Crippen MR) is 86.0 cm³/mol. The van der Waals surface area contributed by atoms with Crippen molar-refractivity contribution in [2.24, 2.45) is 5.92 Å². The molecule has 2 heterocycles. The second kappa shape index (κ2) is 6.44. The van der Waals surface area contributed by atoms with E-state index < -0.39 is 0 Å². The van der Waals surface area contributed by atoms with Crippen molar-refractivity contribution < 1.29 is 18.7 Å². The third-order valence-corrected chi connectivity index (χ3v) is 4.53. The molecule has 5 nitrogen and oxygen atoms in total. The van der Waals surface area contributed by atoms with Crippen molar-refractivity contribution in [3.63, 3.8) is 0 Å². The van der Waals surface area contributed by atoms with Crippen LogP contribution in [0.25, 0.3) is 11.0 Å². The summed E-state index contributed by atoms with van der Waals surface area (Å²) >= 11 is 0. The van der Waals surface area contributed by atoms with Crippen LogP contribution in [0, 0.1) is 12.8 Å². The first-order valence-corrected chi connectivity index (χ1v) is 7.91. The lowest BCUT2D eigenvalue weighted by Gasteiger charge is -2.30. The highest BCUT2D eigenvalue weighted by atomic mass is 16.5. The van der Waals surface area contributed by atoms with Gasteiger partial charge in [-0.1, -0.05) is 11.6 Å². The minimum atomic E-state index is -0.173. The van der Waals surface area contributed by atoms with Gasteiger partial charge in [-0.2, -0.15) is 0 Å². The summed E-state index contributed by atoms with van der Waals surface area (Å²) in [6.07, 6.45) is 3.34. The number of hydrogen-bond donors (Lipinski definition) is 0. The second-order valence-corrected chi connectivity index (χ2v) is 6.12. The fourth-order valence-electron chi connectivity index (χ4n) is 3.14. The SMILES string of the molecule is COC(=O)C1CCN(C(=O)Cc2coc3ccc(C)cc23)CC1. The monoisotopic (exact) mass is 315 g/mol. The van der Waals surface area contributed by atoms with Crippen LogP contribution < -0.4 is 0 Å². The molecular formula is C18H21NO4. The van der Waals surface area contributed by atoms with E-state index in [1.165, 1.54) is 7.11 Å². The Morgan fingerprint density at radius 3 is 2.74 bits per heavy atom. The van der Waals surface area contributed by atoms with Crippen LogP contribution in [-0.2, 0) is 20.7 Å². The smallest absolute Gasteiger partial charge is 0.308 e. The van der Waals surface area contributed by atoms with Crippen molar-refractivity contribution in [2.75, 3.05) is 20.2 Å². The van der Waals surface area contributed by atoms with E-state index in [1.54, 1.807) is 6.26 Å². The molecule has 1 amide bonds. The number of rotatable bonds is 3. The van der Waals surface area contributed by atoms with E-state index in [4.69, 9.17) is 9.15 Å². The van der Waals surface area contributed by atoms with E-state index in [9.17, 15) is 9.59 Å². The number of likely N-dealkylation sites (tertiary alicyclic amines) is 1. The summed E-state index contributed by atoms with van der Waals surface area (Å²) in [4.78, 5) is 25.9. The van der Waals surface area contributed by atoms with Gasteiger partial charge in [0.05, 0.1) is 25.7 Å². The predicted octanol–water partition coefficient (Wildman–Crippen LogP) is 2.70. The van der Waals surface area contributed by atoms with Gasteiger partial charge in [0.25, 0.3) is 0 Å². The van der Waals surface area contributed by atoms with Gasteiger partial charge in [-0.25, -0.2) is 0 Å². The number of methoxy groups -OCH3 is 1. The zero-order valence-corrected chi connectivity index (χ0v) is 13.5. The number of amides is 1. The van der Waals surface area contributed by atoms with Crippen LogP contribution in [0.1, 0.15) is 24.0 Å². The van der Waals surface area contributed by atoms with E-state index in [0.717, 1.165) is 22.1 Å². The first-order valence-electron chi connectivity index (χ1n) is 7.91. The number of esters is 1. The molecule has 0 saturated carbocycles. The summed E-state index contributed by atoms with van der Waals surface area (Å²) < 4.78 is 10.3. The fraction of sp³-hybridized carbons (Fsp3) is 0.444. The number of furan rings is 1. The van der Waals surface area contributed by atoms with Crippen molar-refractivity contribution in [1.29, 1.82) is 0 Å². The molecular weight excluding hydrogens is 294 g/mol. The summed E-state index contributed by atoms with van der Waals surface area (Å²) in [5, 5.41) is 1.00. The van der Waals surface area contributed by atoms with Crippen LogP contribution in [0.4, 0.5) is 0 Å². The lowest BCUT2D eigenvalue weighted by Crippen LogP contribution is -2.41. The molecule has 23 heavy (non-hydrogen) atoms. The van der Waals surface area contributed by atoms with Gasteiger partial charge in [-0.3, -0.25) is 9.59 Å². The fourth-order valence-corrected chi connectivity index (χ4v) is 3.14. The molecule has 1 aromatic carbocycles. The number of hydrogen-bond acceptors (Lipinski definition) is 4. The van der Waals surface area contributed by atoms with Crippen molar-refractivity contribution in [1.82, 2.24) is 4.90 Å². The zero-order chi connectivity index (χ0) is 16.4. The number of carbonyl (C=O) groups is 2. The Hall–Kier alpha value is -2.30. The van der Waals surface area contributed by atoms with Crippen LogP contribution >= 0.6 is 0 Å². The molecule has 122 valence electrons. The molecule has 0 unspecified atom stereocenters. The Kier molecular flexibility index (Phi) is 4.37. The molecule has 0 radical (unpaired) electrons. The molecule has 0 aliphatic carbocycles. The third-order valence-electron chi connectivity index (χ3n) is 4.53. The van der Waals surface area contributed by atoms with Gasteiger partial charge < -0.3 is 14.1 Å². The minimum absolute atomic E-state index is 0.0810. The first-order chi connectivity index (χ1) is 11.1. The molecule has 0 bridgehead atoms. The number of ether oxygens (including phenoxy) is 1.